The molecule has 0 atom stereocenters. The van der Waals surface area contributed by atoms with Gasteiger partial charge in [0.25, 0.3) is 5.91 Å². The van der Waals surface area contributed by atoms with E-state index in [0.717, 1.165) is 46.4 Å². The van der Waals surface area contributed by atoms with E-state index in [9.17, 15) is 4.79 Å². The van der Waals surface area contributed by atoms with Crippen LogP contribution in [-0.4, -0.2) is 23.9 Å². The van der Waals surface area contributed by atoms with Crippen LogP contribution in [0.25, 0.3) is 0 Å². The minimum absolute atomic E-state index is 0.137. The lowest BCUT2D eigenvalue weighted by molar-refractivity contribution is 0.0688. The number of carbonyl (C=O) groups is 1. The van der Waals surface area contributed by atoms with E-state index in [2.05, 4.69) is 38.8 Å². The standard InChI is InChI=1S/C14H17Br2NO/c1-2-10-5-7-17(8-6-10)14(18)12-9-11(15)3-4-13(12)16/h3-4,9-10H,2,5-8H2,1H3. The fourth-order valence-corrected chi connectivity index (χ4v) is 3.15. The number of rotatable bonds is 2. The molecule has 0 N–H and O–H groups in total. The summed E-state index contributed by atoms with van der Waals surface area (Å²) in [6, 6.07) is 5.73. The molecule has 98 valence electrons. The topological polar surface area (TPSA) is 20.3 Å². The van der Waals surface area contributed by atoms with E-state index in [0.29, 0.717) is 0 Å². The summed E-state index contributed by atoms with van der Waals surface area (Å²) in [7, 11) is 0. The van der Waals surface area contributed by atoms with E-state index in [1.807, 2.05) is 23.1 Å². The summed E-state index contributed by atoms with van der Waals surface area (Å²) in [4.78, 5) is 14.4. The summed E-state index contributed by atoms with van der Waals surface area (Å²) in [5.41, 5.74) is 0.749. The lowest BCUT2D eigenvalue weighted by Gasteiger charge is -2.31. The van der Waals surface area contributed by atoms with Gasteiger partial charge in [-0.05, 0) is 52.9 Å². The first kappa shape index (κ1) is 14.1. The van der Waals surface area contributed by atoms with Crippen LogP contribution >= 0.6 is 31.9 Å². The van der Waals surface area contributed by atoms with Gasteiger partial charge in [-0.2, -0.15) is 0 Å². The molecule has 1 aliphatic heterocycles. The maximum atomic E-state index is 12.4. The van der Waals surface area contributed by atoms with Crippen LogP contribution in [0, 0.1) is 5.92 Å². The SMILES string of the molecule is CCC1CCN(C(=O)c2cc(Br)ccc2Br)CC1. The van der Waals surface area contributed by atoms with E-state index >= 15 is 0 Å². The summed E-state index contributed by atoms with van der Waals surface area (Å²) in [5.74, 6) is 0.928. The van der Waals surface area contributed by atoms with Crippen LogP contribution in [0.4, 0.5) is 0 Å². The number of likely N-dealkylation sites (tertiary alicyclic amines) is 1. The first-order valence-corrected chi connectivity index (χ1v) is 7.94. The van der Waals surface area contributed by atoms with Crippen LogP contribution in [0.2, 0.25) is 0 Å². The van der Waals surface area contributed by atoms with Crippen molar-refractivity contribution in [3.05, 3.63) is 32.7 Å². The van der Waals surface area contributed by atoms with Crippen LogP contribution in [0.1, 0.15) is 36.5 Å². The molecule has 0 aromatic heterocycles. The lowest BCUT2D eigenvalue weighted by atomic mass is 9.94. The van der Waals surface area contributed by atoms with E-state index < -0.39 is 0 Å². The fourth-order valence-electron chi connectivity index (χ4n) is 2.38. The molecule has 0 spiro atoms. The van der Waals surface area contributed by atoms with Gasteiger partial charge < -0.3 is 4.90 Å². The van der Waals surface area contributed by atoms with Gasteiger partial charge in [0, 0.05) is 22.0 Å². The average Bonchev–Trinajstić information content (AvgIpc) is 2.41. The largest absolute Gasteiger partial charge is 0.339 e. The van der Waals surface area contributed by atoms with Crippen molar-refractivity contribution in [2.24, 2.45) is 5.92 Å². The average molecular weight is 375 g/mol. The minimum Gasteiger partial charge on any atom is -0.339 e. The predicted molar refractivity (Wildman–Crippen MR) is 80.8 cm³/mol. The summed E-state index contributed by atoms with van der Waals surface area (Å²) >= 11 is 6.87. The molecule has 2 rings (SSSR count). The second kappa shape index (κ2) is 6.20. The molecule has 0 aliphatic carbocycles. The normalized spacial score (nSPS) is 16.9. The van der Waals surface area contributed by atoms with Crippen molar-refractivity contribution in [1.82, 2.24) is 4.90 Å². The number of hydrogen-bond acceptors (Lipinski definition) is 1. The predicted octanol–water partition coefficient (Wildman–Crippen LogP) is 4.47. The molecular formula is C14H17Br2NO. The Balaban J connectivity index is 2.10. The molecule has 1 aromatic rings. The Morgan fingerprint density at radius 1 is 1.33 bits per heavy atom. The molecule has 1 aliphatic rings. The van der Waals surface area contributed by atoms with Crippen LogP contribution in [0.15, 0.2) is 27.1 Å². The molecule has 1 heterocycles. The molecule has 18 heavy (non-hydrogen) atoms. The monoisotopic (exact) mass is 373 g/mol. The van der Waals surface area contributed by atoms with E-state index in [4.69, 9.17) is 0 Å². The summed E-state index contributed by atoms with van der Waals surface area (Å²) in [5, 5.41) is 0. The number of nitrogens with zero attached hydrogens (tertiary/aromatic N) is 1. The number of halogens is 2. The summed E-state index contributed by atoms with van der Waals surface area (Å²) in [6.07, 6.45) is 3.49. The second-order valence-electron chi connectivity index (χ2n) is 4.77. The van der Waals surface area contributed by atoms with Gasteiger partial charge >= 0.3 is 0 Å². The highest BCUT2D eigenvalue weighted by Crippen LogP contribution is 2.26. The van der Waals surface area contributed by atoms with Crippen molar-refractivity contribution in [1.29, 1.82) is 0 Å². The molecule has 0 unspecified atom stereocenters. The molecule has 0 saturated carbocycles. The first-order chi connectivity index (χ1) is 8.61. The van der Waals surface area contributed by atoms with Gasteiger partial charge in [-0.25, -0.2) is 0 Å². The van der Waals surface area contributed by atoms with Crippen molar-refractivity contribution in [3.63, 3.8) is 0 Å². The van der Waals surface area contributed by atoms with Crippen LogP contribution in [-0.2, 0) is 0 Å². The number of hydrogen-bond donors (Lipinski definition) is 0. The van der Waals surface area contributed by atoms with E-state index in [1.54, 1.807) is 0 Å². The summed E-state index contributed by atoms with van der Waals surface area (Å²) in [6.45, 7) is 4.00. The Kier molecular flexibility index (Phi) is 4.84. The maximum Gasteiger partial charge on any atom is 0.255 e. The van der Waals surface area contributed by atoms with Crippen molar-refractivity contribution in [2.45, 2.75) is 26.2 Å². The zero-order valence-electron chi connectivity index (χ0n) is 10.5. The fraction of sp³-hybridized carbons (Fsp3) is 0.500. The van der Waals surface area contributed by atoms with Crippen molar-refractivity contribution in [3.8, 4) is 0 Å². The molecule has 1 aromatic carbocycles. The highest BCUT2D eigenvalue weighted by molar-refractivity contribution is 9.11. The van der Waals surface area contributed by atoms with Gasteiger partial charge in [0.2, 0.25) is 0 Å². The number of carbonyl (C=O) groups excluding carboxylic acids is 1. The molecule has 0 radical (unpaired) electrons. The van der Waals surface area contributed by atoms with Gasteiger partial charge in [0.15, 0.2) is 0 Å². The van der Waals surface area contributed by atoms with Crippen molar-refractivity contribution < 1.29 is 4.79 Å². The van der Waals surface area contributed by atoms with E-state index in [-0.39, 0.29) is 5.91 Å². The zero-order chi connectivity index (χ0) is 13.1. The third-order valence-electron chi connectivity index (χ3n) is 3.64. The zero-order valence-corrected chi connectivity index (χ0v) is 13.6. The minimum atomic E-state index is 0.137. The molecule has 1 amide bonds. The third-order valence-corrected chi connectivity index (χ3v) is 4.82. The Morgan fingerprint density at radius 3 is 2.61 bits per heavy atom. The number of amides is 1. The van der Waals surface area contributed by atoms with Gasteiger partial charge in [0.1, 0.15) is 0 Å². The summed E-state index contributed by atoms with van der Waals surface area (Å²) < 4.78 is 1.81. The van der Waals surface area contributed by atoms with Gasteiger partial charge in [-0.15, -0.1) is 0 Å². The van der Waals surface area contributed by atoms with Crippen LogP contribution < -0.4 is 0 Å². The molecule has 0 bridgehead atoms. The van der Waals surface area contributed by atoms with Crippen molar-refractivity contribution in [2.75, 3.05) is 13.1 Å². The lowest BCUT2D eigenvalue weighted by Crippen LogP contribution is -2.38. The smallest absolute Gasteiger partial charge is 0.255 e. The van der Waals surface area contributed by atoms with Crippen molar-refractivity contribution >= 4 is 37.8 Å². The molecule has 2 nitrogen and oxygen atoms in total. The Morgan fingerprint density at radius 2 is 2.00 bits per heavy atom. The quantitative estimate of drug-likeness (QED) is 0.747. The highest BCUT2D eigenvalue weighted by atomic mass is 79.9. The molecule has 1 fully saturated rings. The second-order valence-corrected chi connectivity index (χ2v) is 6.54. The number of benzene rings is 1. The van der Waals surface area contributed by atoms with Crippen LogP contribution in [0.3, 0.4) is 0 Å². The highest BCUT2D eigenvalue weighted by Gasteiger charge is 2.23. The van der Waals surface area contributed by atoms with Crippen LogP contribution in [0.5, 0.6) is 0 Å². The van der Waals surface area contributed by atoms with E-state index in [1.165, 1.54) is 6.42 Å². The van der Waals surface area contributed by atoms with Gasteiger partial charge in [-0.1, -0.05) is 29.3 Å². The Hall–Kier alpha value is -0.350. The van der Waals surface area contributed by atoms with Gasteiger partial charge in [-0.3, -0.25) is 4.79 Å². The first-order valence-electron chi connectivity index (χ1n) is 6.36. The molecular weight excluding hydrogens is 358 g/mol. The Bertz CT molecular complexity index is 439. The molecule has 4 heteroatoms. The third kappa shape index (κ3) is 3.15. The maximum absolute atomic E-state index is 12.4. The van der Waals surface area contributed by atoms with Gasteiger partial charge in [0.05, 0.1) is 5.56 Å². The molecule has 1 saturated heterocycles. The Labute approximate surface area is 125 Å². The number of piperidine rings is 1.